The van der Waals surface area contributed by atoms with Crippen LogP contribution >= 0.6 is 0 Å². The average Bonchev–Trinajstić information content (AvgIpc) is 2.67. The Bertz CT molecular complexity index is 692. The van der Waals surface area contributed by atoms with E-state index in [0.717, 1.165) is 25.7 Å². The predicted molar refractivity (Wildman–Crippen MR) is 101 cm³/mol. The van der Waals surface area contributed by atoms with Gasteiger partial charge in [-0.05, 0) is 44.0 Å². The molecular formula is C21H28N2O3. The van der Waals surface area contributed by atoms with Crippen LogP contribution in [0.25, 0.3) is 0 Å². The molecule has 0 saturated heterocycles. The van der Waals surface area contributed by atoms with Crippen LogP contribution in [-0.4, -0.2) is 35.4 Å². The maximum atomic E-state index is 13.3. The molecule has 0 radical (unpaired) electrons. The Hall–Kier alpha value is -2.30. The number of hydrogen-bond acceptors (Lipinski definition) is 3. The zero-order chi connectivity index (χ0) is 18.7. The fraction of sp³-hybridized carbons (Fsp3) is 0.524. The van der Waals surface area contributed by atoms with Crippen molar-refractivity contribution >= 4 is 11.8 Å². The highest BCUT2D eigenvalue weighted by Crippen LogP contribution is 2.32. The summed E-state index contributed by atoms with van der Waals surface area (Å²) in [6, 6.07) is 7.17. The lowest BCUT2D eigenvalue weighted by atomic mass is 9.81. The van der Waals surface area contributed by atoms with Gasteiger partial charge in [0.05, 0.1) is 7.11 Å². The van der Waals surface area contributed by atoms with Gasteiger partial charge in [0.2, 0.25) is 0 Å². The highest BCUT2D eigenvalue weighted by Gasteiger charge is 2.45. The standard InChI is InChI=1S/C21H28N2O3/c1-15-13-14-23(17-7-5-4-6-8-17)20(25)21(15,2)22-19(24)16-9-11-18(26-3)12-10-16/h9-15,17H,4-8H2,1-3H3,(H,22,24). The van der Waals surface area contributed by atoms with Crippen molar-refractivity contribution in [1.29, 1.82) is 0 Å². The molecule has 2 unspecified atom stereocenters. The number of nitrogens with zero attached hydrogens (tertiary/aromatic N) is 1. The summed E-state index contributed by atoms with van der Waals surface area (Å²) in [6.07, 6.45) is 9.58. The molecule has 0 spiro atoms. The van der Waals surface area contributed by atoms with Gasteiger partial charge in [-0.1, -0.05) is 32.3 Å². The van der Waals surface area contributed by atoms with Crippen LogP contribution in [-0.2, 0) is 4.79 Å². The molecule has 1 aromatic rings. The summed E-state index contributed by atoms with van der Waals surface area (Å²) >= 11 is 0. The van der Waals surface area contributed by atoms with Crippen LogP contribution in [0, 0.1) is 5.92 Å². The second-order valence-corrected chi connectivity index (χ2v) is 7.52. The number of hydrogen-bond donors (Lipinski definition) is 1. The fourth-order valence-electron chi connectivity index (χ4n) is 3.81. The van der Waals surface area contributed by atoms with Gasteiger partial charge < -0.3 is 15.0 Å². The Kier molecular flexibility index (Phi) is 5.35. The molecule has 140 valence electrons. The second kappa shape index (κ2) is 7.52. The first-order valence-electron chi connectivity index (χ1n) is 9.43. The zero-order valence-electron chi connectivity index (χ0n) is 15.8. The van der Waals surface area contributed by atoms with E-state index in [2.05, 4.69) is 5.32 Å². The average molecular weight is 356 g/mol. The number of carbonyl (C=O) groups excluding carboxylic acids is 2. The van der Waals surface area contributed by atoms with Crippen molar-refractivity contribution in [2.75, 3.05) is 7.11 Å². The molecule has 5 heteroatoms. The smallest absolute Gasteiger partial charge is 0.252 e. The van der Waals surface area contributed by atoms with E-state index < -0.39 is 5.54 Å². The summed E-state index contributed by atoms with van der Waals surface area (Å²) in [5.41, 5.74) is -0.422. The molecule has 2 amide bonds. The maximum Gasteiger partial charge on any atom is 0.252 e. The summed E-state index contributed by atoms with van der Waals surface area (Å²) in [7, 11) is 1.59. The van der Waals surface area contributed by atoms with Crippen molar-refractivity contribution in [3.63, 3.8) is 0 Å². The number of rotatable bonds is 4. The van der Waals surface area contributed by atoms with Crippen LogP contribution < -0.4 is 10.1 Å². The van der Waals surface area contributed by atoms with Gasteiger partial charge in [-0.3, -0.25) is 9.59 Å². The number of benzene rings is 1. The third-order valence-electron chi connectivity index (χ3n) is 5.82. The van der Waals surface area contributed by atoms with Crippen molar-refractivity contribution in [2.24, 2.45) is 5.92 Å². The maximum absolute atomic E-state index is 13.3. The molecule has 0 aromatic heterocycles. The molecule has 26 heavy (non-hydrogen) atoms. The Labute approximate surface area is 155 Å². The molecule has 5 nitrogen and oxygen atoms in total. The van der Waals surface area contributed by atoms with E-state index in [4.69, 9.17) is 4.74 Å². The van der Waals surface area contributed by atoms with E-state index in [9.17, 15) is 9.59 Å². The summed E-state index contributed by atoms with van der Waals surface area (Å²) in [5, 5.41) is 3.00. The normalized spacial score (nSPS) is 26.7. The molecule has 1 aromatic carbocycles. The third kappa shape index (κ3) is 3.48. The monoisotopic (exact) mass is 356 g/mol. The minimum atomic E-state index is -0.941. The summed E-state index contributed by atoms with van der Waals surface area (Å²) in [4.78, 5) is 27.9. The first-order chi connectivity index (χ1) is 12.5. The molecule has 0 bridgehead atoms. The lowest BCUT2D eigenvalue weighted by Gasteiger charge is -2.44. The fourth-order valence-corrected chi connectivity index (χ4v) is 3.81. The van der Waals surface area contributed by atoms with E-state index in [0.29, 0.717) is 11.3 Å². The van der Waals surface area contributed by atoms with Gasteiger partial charge in [0.25, 0.3) is 11.8 Å². The van der Waals surface area contributed by atoms with Gasteiger partial charge in [0, 0.05) is 23.7 Å². The number of ether oxygens (including phenoxy) is 1. The zero-order valence-corrected chi connectivity index (χ0v) is 15.8. The first kappa shape index (κ1) is 18.5. The van der Waals surface area contributed by atoms with Crippen LogP contribution in [0.3, 0.4) is 0 Å². The van der Waals surface area contributed by atoms with Crippen molar-refractivity contribution in [1.82, 2.24) is 10.2 Å². The van der Waals surface area contributed by atoms with Crippen molar-refractivity contribution in [3.8, 4) is 5.75 Å². The number of methoxy groups -OCH3 is 1. The molecule has 1 saturated carbocycles. The van der Waals surface area contributed by atoms with Crippen molar-refractivity contribution in [2.45, 2.75) is 57.5 Å². The molecule has 2 atom stereocenters. The molecule has 1 heterocycles. The number of nitrogens with one attached hydrogen (secondary N) is 1. The largest absolute Gasteiger partial charge is 0.497 e. The van der Waals surface area contributed by atoms with E-state index in [1.165, 1.54) is 6.42 Å². The van der Waals surface area contributed by atoms with Crippen LogP contribution in [0.15, 0.2) is 36.5 Å². The topological polar surface area (TPSA) is 58.6 Å². The molecule has 2 aliphatic rings. The minimum Gasteiger partial charge on any atom is -0.497 e. The van der Waals surface area contributed by atoms with Gasteiger partial charge in [-0.25, -0.2) is 0 Å². The van der Waals surface area contributed by atoms with E-state index in [1.54, 1.807) is 31.4 Å². The van der Waals surface area contributed by atoms with Gasteiger partial charge in [-0.15, -0.1) is 0 Å². The van der Waals surface area contributed by atoms with E-state index in [1.807, 2.05) is 31.0 Å². The highest BCUT2D eigenvalue weighted by molar-refractivity contribution is 6.00. The van der Waals surface area contributed by atoms with Crippen molar-refractivity contribution in [3.05, 3.63) is 42.1 Å². The van der Waals surface area contributed by atoms with Crippen LogP contribution in [0.5, 0.6) is 5.75 Å². The Morgan fingerprint density at radius 1 is 1.19 bits per heavy atom. The van der Waals surface area contributed by atoms with Gasteiger partial charge in [0.15, 0.2) is 0 Å². The van der Waals surface area contributed by atoms with Crippen LogP contribution in [0.4, 0.5) is 0 Å². The highest BCUT2D eigenvalue weighted by atomic mass is 16.5. The molecule has 1 fully saturated rings. The Balaban J connectivity index is 1.78. The minimum absolute atomic E-state index is 0.0127. The Morgan fingerprint density at radius 3 is 2.46 bits per heavy atom. The van der Waals surface area contributed by atoms with E-state index in [-0.39, 0.29) is 23.8 Å². The quantitative estimate of drug-likeness (QED) is 0.898. The Morgan fingerprint density at radius 2 is 1.85 bits per heavy atom. The van der Waals surface area contributed by atoms with Crippen LogP contribution in [0.1, 0.15) is 56.3 Å². The second-order valence-electron chi connectivity index (χ2n) is 7.52. The van der Waals surface area contributed by atoms with Gasteiger partial charge in [-0.2, -0.15) is 0 Å². The number of amides is 2. The molecule has 1 aliphatic heterocycles. The van der Waals surface area contributed by atoms with Crippen LogP contribution in [0.2, 0.25) is 0 Å². The predicted octanol–water partition coefficient (Wildman–Crippen LogP) is 3.51. The summed E-state index contributed by atoms with van der Waals surface area (Å²) < 4.78 is 5.13. The first-order valence-corrected chi connectivity index (χ1v) is 9.43. The van der Waals surface area contributed by atoms with E-state index >= 15 is 0 Å². The number of carbonyl (C=O) groups is 2. The third-order valence-corrected chi connectivity index (χ3v) is 5.82. The molecular weight excluding hydrogens is 328 g/mol. The molecule has 3 rings (SSSR count). The summed E-state index contributed by atoms with van der Waals surface area (Å²) in [5.74, 6) is 0.369. The molecule has 1 aliphatic carbocycles. The lowest BCUT2D eigenvalue weighted by molar-refractivity contribution is -0.139. The summed E-state index contributed by atoms with van der Waals surface area (Å²) in [6.45, 7) is 3.81. The lowest BCUT2D eigenvalue weighted by Crippen LogP contribution is -2.63. The van der Waals surface area contributed by atoms with Crippen molar-refractivity contribution < 1.29 is 14.3 Å². The van der Waals surface area contributed by atoms with Gasteiger partial charge in [0.1, 0.15) is 11.3 Å². The molecule has 1 N–H and O–H groups in total. The SMILES string of the molecule is COc1ccc(C(=O)NC2(C)C(=O)N(C3CCCCC3)C=CC2C)cc1. The van der Waals surface area contributed by atoms with Gasteiger partial charge >= 0.3 is 0 Å².